The highest BCUT2D eigenvalue weighted by atomic mass is 32.2. The van der Waals surface area contributed by atoms with Gasteiger partial charge in [0.15, 0.2) is 0 Å². The molecule has 0 atom stereocenters. The maximum atomic E-state index is 7.50. The number of aryl methyl sites for hydroxylation is 1. The molecule has 0 heterocycles. The molecule has 0 unspecified atom stereocenters. The zero-order chi connectivity index (χ0) is 13.6. The van der Waals surface area contributed by atoms with Crippen LogP contribution in [0, 0.1) is 17.7 Å². The highest BCUT2D eigenvalue weighted by Crippen LogP contribution is 2.25. The van der Waals surface area contributed by atoms with E-state index in [1.807, 2.05) is 25.6 Å². The number of thioether (sulfide) groups is 1. The molecule has 0 amide bonds. The van der Waals surface area contributed by atoms with Gasteiger partial charge in [-0.3, -0.25) is 5.41 Å². The van der Waals surface area contributed by atoms with Crippen LogP contribution >= 0.6 is 11.8 Å². The molecule has 0 bridgehead atoms. The molecule has 2 nitrogen and oxygen atoms in total. The van der Waals surface area contributed by atoms with E-state index in [0.29, 0.717) is 5.84 Å². The molecule has 1 aromatic rings. The molecule has 0 spiro atoms. The quantitative estimate of drug-likeness (QED) is 0.335. The molecule has 100 valence electrons. The maximum absolute atomic E-state index is 7.50. The Labute approximate surface area is 115 Å². The summed E-state index contributed by atoms with van der Waals surface area (Å²) in [6.45, 7) is 6.20. The maximum Gasteiger partial charge on any atom is 0.0963 e. The molecule has 18 heavy (non-hydrogen) atoms. The summed E-state index contributed by atoms with van der Waals surface area (Å²) in [6, 6.07) is 8.67. The molecule has 0 aliphatic heterocycles. The van der Waals surface area contributed by atoms with Crippen LogP contribution in [0.3, 0.4) is 0 Å². The average molecular weight is 264 g/mol. The zero-order valence-electron chi connectivity index (χ0n) is 11.6. The molecule has 0 fully saturated rings. The number of hydrogen-bond donors (Lipinski definition) is 2. The van der Waals surface area contributed by atoms with Gasteiger partial charge in [0, 0.05) is 10.3 Å². The second kappa shape index (κ2) is 6.83. The molecule has 0 aromatic heterocycles. The predicted octanol–water partition coefficient (Wildman–Crippen LogP) is 4.22. The normalized spacial score (nSPS) is 11.5. The average Bonchev–Trinajstić information content (AvgIpc) is 2.31. The van der Waals surface area contributed by atoms with Crippen molar-refractivity contribution in [3.63, 3.8) is 0 Å². The monoisotopic (exact) mass is 264 g/mol. The van der Waals surface area contributed by atoms with Crippen molar-refractivity contribution in [1.82, 2.24) is 0 Å². The molecule has 0 aliphatic rings. The first-order valence-corrected chi connectivity index (χ1v) is 7.44. The zero-order valence-corrected chi connectivity index (χ0v) is 12.4. The number of benzene rings is 1. The van der Waals surface area contributed by atoms with Gasteiger partial charge in [-0.25, -0.2) is 0 Å². The standard InChI is InChI=1S/C15H24N2S/c1-12-6-8-13(9-7-12)18-11-5-4-10-15(2,3)14(16)17/h6-9H,4-5,10-11H2,1-3H3,(H3,16,17). The number of rotatable bonds is 7. The van der Waals surface area contributed by atoms with E-state index in [0.717, 1.165) is 18.6 Å². The van der Waals surface area contributed by atoms with Crippen molar-refractivity contribution >= 4 is 17.6 Å². The van der Waals surface area contributed by atoms with Crippen molar-refractivity contribution < 1.29 is 0 Å². The predicted molar refractivity (Wildman–Crippen MR) is 81.4 cm³/mol. The van der Waals surface area contributed by atoms with Crippen LogP contribution in [0.2, 0.25) is 0 Å². The Balaban J connectivity index is 2.20. The number of nitrogens with one attached hydrogen (secondary N) is 1. The first-order chi connectivity index (χ1) is 8.42. The summed E-state index contributed by atoms with van der Waals surface area (Å²) in [6.07, 6.45) is 3.30. The van der Waals surface area contributed by atoms with Crippen LogP contribution in [-0.4, -0.2) is 11.6 Å². The lowest BCUT2D eigenvalue weighted by Crippen LogP contribution is -2.30. The fourth-order valence-corrected chi connectivity index (χ4v) is 2.54. The second-order valence-corrected chi connectivity index (χ2v) is 6.58. The van der Waals surface area contributed by atoms with E-state index in [4.69, 9.17) is 11.1 Å². The summed E-state index contributed by atoms with van der Waals surface area (Å²) < 4.78 is 0. The molecule has 0 saturated heterocycles. The van der Waals surface area contributed by atoms with Crippen molar-refractivity contribution in [2.45, 2.75) is 44.9 Å². The minimum atomic E-state index is -0.144. The van der Waals surface area contributed by atoms with E-state index in [1.165, 1.54) is 16.9 Å². The van der Waals surface area contributed by atoms with Crippen molar-refractivity contribution in [3.05, 3.63) is 29.8 Å². The fraction of sp³-hybridized carbons (Fsp3) is 0.533. The smallest absolute Gasteiger partial charge is 0.0963 e. The van der Waals surface area contributed by atoms with Gasteiger partial charge in [-0.2, -0.15) is 0 Å². The van der Waals surface area contributed by atoms with Gasteiger partial charge in [-0.1, -0.05) is 38.0 Å². The molecule has 0 aliphatic carbocycles. The number of nitrogens with two attached hydrogens (primary N) is 1. The van der Waals surface area contributed by atoms with Gasteiger partial charge in [0.25, 0.3) is 0 Å². The van der Waals surface area contributed by atoms with Crippen LogP contribution in [-0.2, 0) is 0 Å². The Morgan fingerprint density at radius 2 is 1.83 bits per heavy atom. The van der Waals surface area contributed by atoms with Gasteiger partial charge in [0.1, 0.15) is 0 Å². The SMILES string of the molecule is Cc1ccc(SCCCCC(C)(C)C(=N)N)cc1. The van der Waals surface area contributed by atoms with Crippen LogP contribution in [0.5, 0.6) is 0 Å². The first-order valence-electron chi connectivity index (χ1n) is 6.46. The van der Waals surface area contributed by atoms with E-state index < -0.39 is 0 Å². The van der Waals surface area contributed by atoms with E-state index in [1.54, 1.807) is 0 Å². The lowest BCUT2D eigenvalue weighted by Gasteiger charge is -2.22. The minimum absolute atomic E-state index is 0.144. The van der Waals surface area contributed by atoms with Crippen molar-refractivity contribution in [3.8, 4) is 0 Å². The highest BCUT2D eigenvalue weighted by molar-refractivity contribution is 7.99. The van der Waals surface area contributed by atoms with Gasteiger partial charge >= 0.3 is 0 Å². The molecule has 3 N–H and O–H groups in total. The van der Waals surface area contributed by atoms with Gasteiger partial charge in [0.05, 0.1) is 5.84 Å². The Kier molecular flexibility index (Phi) is 5.73. The Bertz CT molecular complexity index is 382. The fourth-order valence-electron chi connectivity index (χ4n) is 1.63. The number of amidine groups is 1. The van der Waals surface area contributed by atoms with E-state index in [2.05, 4.69) is 31.2 Å². The Hall–Kier alpha value is -0.960. The van der Waals surface area contributed by atoms with Crippen molar-refractivity contribution in [2.24, 2.45) is 11.1 Å². The van der Waals surface area contributed by atoms with Gasteiger partial charge in [-0.05, 0) is 37.7 Å². The first kappa shape index (κ1) is 15.1. The largest absolute Gasteiger partial charge is 0.387 e. The summed E-state index contributed by atoms with van der Waals surface area (Å²) in [5, 5.41) is 7.50. The third-order valence-corrected chi connectivity index (χ3v) is 4.31. The highest BCUT2D eigenvalue weighted by Gasteiger charge is 2.20. The van der Waals surface area contributed by atoms with E-state index in [-0.39, 0.29) is 5.41 Å². The Morgan fingerprint density at radius 3 is 2.39 bits per heavy atom. The van der Waals surface area contributed by atoms with Gasteiger partial charge < -0.3 is 5.73 Å². The van der Waals surface area contributed by atoms with Crippen LogP contribution in [0.15, 0.2) is 29.2 Å². The molecule has 1 aromatic carbocycles. The number of unbranched alkanes of at least 4 members (excludes halogenated alkanes) is 1. The molecule has 1 rings (SSSR count). The van der Waals surface area contributed by atoms with Crippen LogP contribution in [0.4, 0.5) is 0 Å². The van der Waals surface area contributed by atoms with Crippen molar-refractivity contribution in [2.75, 3.05) is 5.75 Å². The van der Waals surface area contributed by atoms with Gasteiger partial charge in [0.2, 0.25) is 0 Å². The molecule has 0 radical (unpaired) electrons. The van der Waals surface area contributed by atoms with Crippen molar-refractivity contribution in [1.29, 1.82) is 5.41 Å². The summed E-state index contributed by atoms with van der Waals surface area (Å²) in [7, 11) is 0. The molecule has 0 saturated carbocycles. The summed E-state index contributed by atoms with van der Waals surface area (Å²) in [5.41, 5.74) is 6.73. The van der Waals surface area contributed by atoms with Gasteiger partial charge in [-0.15, -0.1) is 11.8 Å². The summed E-state index contributed by atoms with van der Waals surface area (Å²) >= 11 is 1.90. The van der Waals surface area contributed by atoms with Crippen LogP contribution in [0.1, 0.15) is 38.7 Å². The second-order valence-electron chi connectivity index (χ2n) is 5.42. The number of hydrogen-bond acceptors (Lipinski definition) is 2. The van der Waals surface area contributed by atoms with E-state index in [9.17, 15) is 0 Å². The third kappa shape index (κ3) is 5.13. The minimum Gasteiger partial charge on any atom is -0.387 e. The Morgan fingerprint density at radius 1 is 1.22 bits per heavy atom. The summed E-state index contributed by atoms with van der Waals surface area (Å²) in [5.74, 6) is 1.44. The molecule has 3 heteroatoms. The van der Waals surface area contributed by atoms with Crippen LogP contribution in [0.25, 0.3) is 0 Å². The summed E-state index contributed by atoms with van der Waals surface area (Å²) in [4.78, 5) is 1.34. The van der Waals surface area contributed by atoms with Crippen LogP contribution < -0.4 is 5.73 Å². The molecular formula is C15H24N2S. The third-order valence-electron chi connectivity index (χ3n) is 3.21. The topological polar surface area (TPSA) is 49.9 Å². The lowest BCUT2D eigenvalue weighted by atomic mass is 9.86. The van der Waals surface area contributed by atoms with E-state index >= 15 is 0 Å². The molecular weight excluding hydrogens is 240 g/mol. The lowest BCUT2D eigenvalue weighted by molar-refractivity contribution is 0.448.